The molecule has 174 valence electrons. The van der Waals surface area contributed by atoms with Gasteiger partial charge in [-0.05, 0) is 74.3 Å². The molecule has 0 radical (unpaired) electrons. The van der Waals surface area contributed by atoms with Gasteiger partial charge in [0.25, 0.3) is 0 Å². The lowest BCUT2D eigenvalue weighted by molar-refractivity contribution is -0.134. The quantitative estimate of drug-likeness (QED) is 0.604. The van der Waals surface area contributed by atoms with Gasteiger partial charge in [-0.15, -0.1) is 0 Å². The molecule has 3 rings (SSSR count). The van der Waals surface area contributed by atoms with Crippen LogP contribution in [0.2, 0.25) is 0 Å². The van der Waals surface area contributed by atoms with Crippen LogP contribution in [-0.2, 0) is 17.9 Å². The van der Waals surface area contributed by atoms with Crippen LogP contribution in [0.3, 0.4) is 0 Å². The van der Waals surface area contributed by atoms with Gasteiger partial charge in [0.05, 0.1) is 13.2 Å². The third-order valence-electron chi connectivity index (χ3n) is 5.83. The maximum absolute atomic E-state index is 13.3. The van der Waals surface area contributed by atoms with Gasteiger partial charge in [0.15, 0.2) is 0 Å². The molecule has 1 aliphatic heterocycles. The molecular weight excluding hydrogens is 405 g/mol. The summed E-state index contributed by atoms with van der Waals surface area (Å²) in [6.45, 7) is 8.32. The van der Waals surface area contributed by atoms with Crippen LogP contribution in [0.25, 0.3) is 0 Å². The van der Waals surface area contributed by atoms with Gasteiger partial charge in [0.2, 0.25) is 5.91 Å². The summed E-state index contributed by atoms with van der Waals surface area (Å²) >= 11 is 0. The third-order valence-corrected chi connectivity index (χ3v) is 5.83. The number of nitrogens with zero attached hydrogens (tertiary/aromatic N) is 2. The number of carbonyl (C=O) groups excluding carboxylic acids is 1. The molecule has 0 unspecified atom stereocenters. The van der Waals surface area contributed by atoms with E-state index in [4.69, 9.17) is 4.74 Å². The lowest BCUT2D eigenvalue weighted by Crippen LogP contribution is -2.48. The highest BCUT2D eigenvalue weighted by molar-refractivity contribution is 5.78. The Kier molecular flexibility index (Phi) is 9.06. The standard InChI is InChI=1S/C26H36FN3O2/c1-20(2)19-32-25-10-6-21(7-11-25)16-28-17-26(31)30(24-12-14-29(3)15-13-24)18-22-4-8-23(27)9-5-22/h4-11,20,24,28H,12-19H2,1-3H3. The van der Waals surface area contributed by atoms with Crippen LogP contribution in [0.1, 0.15) is 37.8 Å². The van der Waals surface area contributed by atoms with E-state index in [1.807, 2.05) is 29.2 Å². The molecule has 5 nitrogen and oxygen atoms in total. The van der Waals surface area contributed by atoms with E-state index in [9.17, 15) is 9.18 Å². The zero-order chi connectivity index (χ0) is 22.9. The molecule has 6 heteroatoms. The van der Waals surface area contributed by atoms with Crippen LogP contribution < -0.4 is 10.1 Å². The Morgan fingerprint density at radius 3 is 2.34 bits per heavy atom. The summed E-state index contributed by atoms with van der Waals surface area (Å²) in [6, 6.07) is 14.7. The van der Waals surface area contributed by atoms with Gasteiger partial charge in [-0.1, -0.05) is 38.1 Å². The summed E-state index contributed by atoms with van der Waals surface area (Å²) in [4.78, 5) is 17.4. The summed E-state index contributed by atoms with van der Waals surface area (Å²) < 4.78 is 19.0. The lowest BCUT2D eigenvalue weighted by atomic mass is 10.0. The number of halogens is 1. The second-order valence-corrected chi connectivity index (χ2v) is 9.13. The minimum Gasteiger partial charge on any atom is -0.493 e. The highest BCUT2D eigenvalue weighted by Gasteiger charge is 2.26. The Hall–Kier alpha value is -2.44. The molecule has 1 saturated heterocycles. The van der Waals surface area contributed by atoms with E-state index < -0.39 is 0 Å². The van der Waals surface area contributed by atoms with Gasteiger partial charge in [0.1, 0.15) is 11.6 Å². The van der Waals surface area contributed by atoms with Gasteiger partial charge in [-0.3, -0.25) is 4.79 Å². The molecular formula is C26H36FN3O2. The minimum absolute atomic E-state index is 0.0840. The lowest BCUT2D eigenvalue weighted by Gasteiger charge is -2.37. The maximum Gasteiger partial charge on any atom is 0.237 e. The van der Waals surface area contributed by atoms with Gasteiger partial charge < -0.3 is 19.9 Å². The number of amides is 1. The van der Waals surface area contributed by atoms with E-state index in [-0.39, 0.29) is 24.3 Å². The van der Waals surface area contributed by atoms with Crippen molar-refractivity contribution >= 4 is 5.91 Å². The van der Waals surface area contributed by atoms with E-state index >= 15 is 0 Å². The number of carbonyl (C=O) groups is 1. The van der Waals surface area contributed by atoms with Gasteiger partial charge in [0, 0.05) is 19.1 Å². The van der Waals surface area contributed by atoms with Crippen LogP contribution in [0.15, 0.2) is 48.5 Å². The number of likely N-dealkylation sites (tertiary alicyclic amines) is 1. The Morgan fingerprint density at radius 1 is 1.09 bits per heavy atom. The highest BCUT2D eigenvalue weighted by atomic mass is 19.1. The van der Waals surface area contributed by atoms with Gasteiger partial charge in [-0.25, -0.2) is 4.39 Å². The molecule has 1 amide bonds. The number of rotatable bonds is 10. The Morgan fingerprint density at radius 2 is 1.72 bits per heavy atom. The number of ether oxygens (including phenoxy) is 1. The van der Waals surface area contributed by atoms with Crippen molar-refractivity contribution in [2.24, 2.45) is 5.92 Å². The average Bonchev–Trinajstić information content (AvgIpc) is 2.79. The van der Waals surface area contributed by atoms with Crippen molar-refractivity contribution in [3.8, 4) is 5.75 Å². The fourth-order valence-electron chi connectivity index (χ4n) is 3.90. The van der Waals surface area contributed by atoms with E-state index in [1.54, 1.807) is 12.1 Å². The molecule has 1 N–H and O–H groups in total. The van der Waals surface area contributed by atoms with Crippen molar-refractivity contribution in [3.63, 3.8) is 0 Å². The van der Waals surface area contributed by atoms with Gasteiger partial charge in [-0.2, -0.15) is 0 Å². The Balaban J connectivity index is 1.55. The summed E-state index contributed by atoms with van der Waals surface area (Å²) in [5, 5.41) is 3.29. The fourth-order valence-corrected chi connectivity index (χ4v) is 3.90. The number of piperidine rings is 1. The van der Waals surface area contributed by atoms with Crippen molar-refractivity contribution < 1.29 is 13.9 Å². The number of hydrogen-bond donors (Lipinski definition) is 1. The van der Waals surface area contributed by atoms with Crippen molar-refractivity contribution in [2.45, 2.75) is 45.8 Å². The van der Waals surface area contributed by atoms with Crippen LogP contribution in [-0.4, -0.2) is 55.0 Å². The molecule has 1 heterocycles. The molecule has 1 fully saturated rings. The first kappa shape index (κ1) is 24.2. The molecule has 0 saturated carbocycles. The first-order chi connectivity index (χ1) is 15.4. The first-order valence-electron chi connectivity index (χ1n) is 11.6. The van der Waals surface area contributed by atoms with Crippen LogP contribution >= 0.6 is 0 Å². The second kappa shape index (κ2) is 12.0. The molecule has 32 heavy (non-hydrogen) atoms. The minimum atomic E-state index is -0.256. The van der Waals surface area contributed by atoms with Crippen molar-refractivity contribution in [1.82, 2.24) is 15.1 Å². The molecule has 1 aliphatic rings. The molecule has 0 spiro atoms. The van der Waals surface area contributed by atoms with Crippen molar-refractivity contribution in [3.05, 3.63) is 65.5 Å². The summed E-state index contributed by atoms with van der Waals surface area (Å²) in [5.74, 6) is 1.19. The molecule has 0 aliphatic carbocycles. The molecule has 0 aromatic heterocycles. The maximum atomic E-state index is 13.3. The van der Waals surface area contributed by atoms with E-state index in [2.05, 4.69) is 31.1 Å². The smallest absolute Gasteiger partial charge is 0.237 e. The van der Waals surface area contributed by atoms with Crippen LogP contribution in [0.5, 0.6) is 5.75 Å². The molecule has 2 aromatic rings. The summed E-state index contributed by atoms with van der Waals surface area (Å²) in [5.41, 5.74) is 2.06. The predicted octanol–water partition coefficient (Wildman–Crippen LogP) is 4.07. The van der Waals surface area contributed by atoms with E-state index in [0.29, 0.717) is 25.6 Å². The van der Waals surface area contributed by atoms with Crippen LogP contribution in [0.4, 0.5) is 4.39 Å². The van der Waals surface area contributed by atoms with E-state index in [1.165, 1.54) is 12.1 Å². The number of hydrogen-bond acceptors (Lipinski definition) is 4. The van der Waals surface area contributed by atoms with Crippen molar-refractivity contribution in [1.29, 1.82) is 0 Å². The fraction of sp³-hybridized carbons (Fsp3) is 0.500. The molecule has 2 aromatic carbocycles. The highest BCUT2D eigenvalue weighted by Crippen LogP contribution is 2.19. The Bertz CT molecular complexity index is 831. The monoisotopic (exact) mass is 441 g/mol. The summed E-state index contributed by atoms with van der Waals surface area (Å²) in [6.07, 6.45) is 1.92. The topological polar surface area (TPSA) is 44.8 Å². The molecule has 0 bridgehead atoms. The first-order valence-corrected chi connectivity index (χ1v) is 11.6. The zero-order valence-corrected chi connectivity index (χ0v) is 19.5. The number of benzene rings is 2. The van der Waals surface area contributed by atoms with Gasteiger partial charge >= 0.3 is 0 Å². The predicted molar refractivity (Wildman–Crippen MR) is 126 cm³/mol. The zero-order valence-electron chi connectivity index (χ0n) is 19.5. The SMILES string of the molecule is CC(C)COc1ccc(CNCC(=O)N(Cc2ccc(F)cc2)C2CCN(C)CC2)cc1. The summed E-state index contributed by atoms with van der Waals surface area (Å²) in [7, 11) is 2.11. The Labute approximate surface area is 191 Å². The van der Waals surface area contributed by atoms with Crippen molar-refractivity contribution in [2.75, 3.05) is 33.3 Å². The second-order valence-electron chi connectivity index (χ2n) is 9.13. The number of nitrogens with one attached hydrogen (secondary N) is 1. The molecule has 0 atom stereocenters. The van der Waals surface area contributed by atoms with E-state index in [0.717, 1.165) is 42.8 Å². The normalized spacial score (nSPS) is 15.2. The van der Waals surface area contributed by atoms with Crippen LogP contribution in [0, 0.1) is 11.7 Å². The third kappa shape index (κ3) is 7.61. The largest absolute Gasteiger partial charge is 0.493 e. The average molecular weight is 442 g/mol.